The third-order valence-corrected chi connectivity index (χ3v) is 3.64. The lowest BCUT2D eigenvalue weighted by Gasteiger charge is -1.95. The van der Waals surface area contributed by atoms with E-state index >= 15 is 0 Å². The first-order valence-electron chi connectivity index (χ1n) is 5.67. The number of carboxylic acids is 1. The van der Waals surface area contributed by atoms with Crippen LogP contribution in [0.15, 0.2) is 18.6 Å². The highest BCUT2D eigenvalue weighted by Crippen LogP contribution is 2.27. The minimum absolute atomic E-state index is 0.134. The summed E-state index contributed by atoms with van der Waals surface area (Å²) in [5.41, 5.74) is 1.70. The molecule has 2 aromatic heterocycles. The fraction of sp³-hybridized carbons (Fsp3) is 0.333. The van der Waals surface area contributed by atoms with Gasteiger partial charge in [-0.3, -0.25) is 14.8 Å². The van der Waals surface area contributed by atoms with Crippen LogP contribution < -0.4 is 0 Å². The molecule has 0 aliphatic carbocycles. The predicted molar refractivity (Wildman–Crippen MR) is 68.5 cm³/mol. The van der Waals surface area contributed by atoms with E-state index in [2.05, 4.69) is 15.0 Å². The zero-order valence-corrected chi connectivity index (χ0v) is 10.8. The molecule has 1 N–H and O–H groups in total. The summed E-state index contributed by atoms with van der Waals surface area (Å²) in [4.78, 5) is 24.4. The molecule has 0 unspecified atom stereocenters. The maximum atomic E-state index is 10.6. The molecule has 2 heterocycles. The van der Waals surface area contributed by atoms with Crippen molar-refractivity contribution >= 4 is 17.3 Å². The first-order chi connectivity index (χ1) is 8.70. The molecule has 0 radical (unpaired) electrons. The number of thiazole rings is 1. The first-order valence-corrected chi connectivity index (χ1v) is 6.49. The number of nitrogens with zero attached hydrogens (tertiary/aromatic N) is 3. The van der Waals surface area contributed by atoms with E-state index in [9.17, 15) is 4.79 Å². The Morgan fingerprint density at radius 3 is 2.89 bits per heavy atom. The molecule has 2 aromatic rings. The Kier molecular flexibility index (Phi) is 3.99. The molecule has 0 saturated carbocycles. The lowest BCUT2D eigenvalue weighted by molar-refractivity contribution is -0.136. The number of aliphatic carboxylic acids is 1. The topological polar surface area (TPSA) is 76.0 Å². The quantitative estimate of drug-likeness (QED) is 0.894. The summed E-state index contributed by atoms with van der Waals surface area (Å²) in [6.07, 6.45) is 6.36. The summed E-state index contributed by atoms with van der Waals surface area (Å²) >= 11 is 1.50. The number of rotatable bonds is 5. The van der Waals surface area contributed by atoms with Crippen LogP contribution in [0.4, 0.5) is 0 Å². The molecular formula is C12H13N3O2S. The molecule has 94 valence electrons. The van der Waals surface area contributed by atoms with Crippen molar-refractivity contribution in [3.8, 4) is 10.7 Å². The number of aryl methyl sites for hydroxylation is 2. The van der Waals surface area contributed by atoms with Crippen molar-refractivity contribution < 1.29 is 9.90 Å². The zero-order valence-electron chi connectivity index (χ0n) is 9.96. The largest absolute Gasteiger partial charge is 0.481 e. The van der Waals surface area contributed by atoms with E-state index in [1.54, 1.807) is 18.6 Å². The Labute approximate surface area is 109 Å². The van der Waals surface area contributed by atoms with Gasteiger partial charge in [-0.2, -0.15) is 0 Å². The molecule has 5 nitrogen and oxygen atoms in total. The van der Waals surface area contributed by atoms with Crippen molar-refractivity contribution in [2.75, 3.05) is 0 Å². The number of aromatic nitrogens is 3. The maximum absolute atomic E-state index is 10.6. The van der Waals surface area contributed by atoms with E-state index in [4.69, 9.17) is 5.11 Å². The molecule has 0 amide bonds. The van der Waals surface area contributed by atoms with E-state index in [0.717, 1.165) is 27.7 Å². The monoisotopic (exact) mass is 263 g/mol. The van der Waals surface area contributed by atoms with Crippen LogP contribution in [0.3, 0.4) is 0 Å². The van der Waals surface area contributed by atoms with E-state index in [1.165, 1.54) is 11.3 Å². The maximum Gasteiger partial charge on any atom is 0.303 e. The van der Waals surface area contributed by atoms with Crippen LogP contribution >= 0.6 is 11.3 Å². The lowest BCUT2D eigenvalue weighted by Crippen LogP contribution is -1.98. The third-order valence-electron chi connectivity index (χ3n) is 2.46. The molecular weight excluding hydrogens is 250 g/mol. The van der Waals surface area contributed by atoms with Gasteiger partial charge in [-0.1, -0.05) is 6.92 Å². The zero-order chi connectivity index (χ0) is 13.0. The van der Waals surface area contributed by atoms with Crippen LogP contribution in [0.5, 0.6) is 0 Å². The minimum Gasteiger partial charge on any atom is -0.481 e. The fourth-order valence-electron chi connectivity index (χ4n) is 1.59. The second kappa shape index (κ2) is 5.68. The van der Waals surface area contributed by atoms with Crippen LogP contribution in [0.1, 0.15) is 23.9 Å². The van der Waals surface area contributed by atoms with Crippen molar-refractivity contribution in [1.82, 2.24) is 15.0 Å². The normalized spacial score (nSPS) is 10.5. The second-order valence-corrected chi connectivity index (χ2v) is 4.81. The third kappa shape index (κ3) is 2.89. The van der Waals surface area contributed by atoms with Gasteiger partial charge < -0.3 is 5.11 Å². The molecule has 0 spiro atoms. The average Bonchev–Trinajstić information content (AvgIpc) is 2.80. The molecule has 0 aromatic carbocycles. The molecule has 2 rings (SSSR count). The first kappa shape index (κ1) is 12.6. The molecule has 6 heteroatoms. The summed E-state index contributed by atoms with van der Waals surface area (Å²) in [6.45, 7) is 2.01. The molecule has 18 heavy (non-hydrogen) atoms. The van der Waals surface area contributed by atoms with Crippen LogP contribution in [-0.4, -0.2) is 26.0 Å². The summed E-state index contributed by atoms with van der Waals surface area (Å²) in [5, 5.41) is 9.53. The standard InChI is InChI=1S/C12H13N3O2S/c1-2-8-10(3-4-11(16)17)18-12(15-8)9-7-13-5-6-14-9/h5-7H,2-4H2,1H3,(H,16,17). The summed E-state index contributed by atoms with van der Waals surface area (Å²) in [6, 6.07) is 0. The minimum atomic E-state index is -0.786. The molecule has 0 fully saturated rings. The van der Waals surface area contributed by atoms with E-state index in [1.807, 2.05) is 6.92 Å². The number of carboxylic acid groups (broad SMARTS) is 1. The van der Waals surface area contributed by atoms with Crippen molar-refractivity contribution in [3.05, 3.63) is 29.2 Å². The summed E-state index contributed by atoms with van der Waals surface area (Å²) < 4.78 is 0. The van der Waals surface area contributed by atoms with E-state index < -0.39 is 5.97 Å². The molecule has 0 atom stereocenters. The molecule has 0 aliphatic heterocycles. The van der Waals surface area contributed by atoms with Crippen LogP contribution in [0, 0.1) is 0 Å². The van der Waals surface area contributed by atoms with Crippen molar-refractivity contribution in [2.45, 2.75) is 26.2 Å². The smallest absolute Gasteiger partial charge is 0.303 e. The predicted octanol–water partition coefficient (Wildman–Crippen LogP) is 2.18. The van der Waals surface area contributed by atoms with Crippen molar-refractivity contribution in [1.29, 1.82) is 0 Å². The Balaban J connectivity index is 2.26. The molecule has 0 saturated heterocycles. The number of carbonyl (C=O) groups is 1. The van der Waals surface area contributed by atoms with Gasteiger partial charge in [0.05, 0.1) is 18.3 Å². The SMILES string of the molecule is CCc1nc(-c2cnccn2)sc1CCC(=O)O. The number of hydrogen-bond acceptors (Lipinski definition) is 5. The van der Waals surface area contributed by atoms with Gasteiger partial charge in [0.25, 0.3) is 0 Å². The summed E-state index contributed by atoms with van der Waals surface area (Å²) in [5.74, 6) is -0.786. The second-order valence-electron chi connectivity index (χ2n) is 3.73. The summed E-state index contributed by atoms with van der Waals surface area (Å²) in [7, 11) is 0. The highest BCUT2D eigenvalue weighted by atomic mass is 32.1. The average molecular weight is 263 g/mol. The molecule has 0 bridgehead atoms. The highest BCUT2D eigenvalue weighted by molar-refractivity contribution is 7.15. The van der Waals surface area contributed by atoms with Crippen molar-refractivity contribution in [2.24, 2.45) is 0 Å². The Morgan fingerprint density at radius 1 is 1.44 bits per heavy atom. The van der Waals surface area contributed by atoms with Gasteiger partial charge in [-0.05, 0) is 12.8 Å². The highest BCUT2D eigenvalue weighted by Gasteiger charge is 2.13. The van der Waals surface area contributed by atoms with Crippen molar-refractivity contribution in [3.63, 3.8) is 0 Å². The van der Waals surface area contributed by atoms with E-state index in [-0.39, 0.29) is 6.42 Å². The van der Waals surface area contributed by atoms with Gasteiger partial charge in [-0.15, -0.1) is 11.3 Å². The van der Waals surface area contributed by atoms with Gasteiger partial charge in [0.2, 0.25) is 0 Å². The van der Waals surface area contributed by atoms with Gasteiger partial charge >= 0.3 is 5.97 Å². The van der Waals surface area contributed by atoms with Gasteiger partial charge in [0.15, 0.2) is 0 Å². The lowest BCUT2D eigenvalue weighted by atomic mass is 10.2. The van der Waals surface area contributed by atoms with Crippen LogP contribution in [-0.2, 0) is 17.6 Å². The van der Waals surface area contributed by atoms with Crippen LogP contribution in [0.25, 0.3) is 10.7 Å². The number of hydrogen-bond donors (Lipinski definition) is 1. The Hall–Kier alpha value is -1.82. The van der Waals surface area contributed by atoms with E-state index in [0.29, 0.717) is 6.42 Å². The fourth-order valence-corrected chi connectivity index (χ4v) is 2.71. The van der Waals surface area contributed by atoms with Gasteiger partial charge in [0.1, 0.15) is 10.7 Å². The van der Waals surface area contributed by atoms with Gasteiger partial charge in [-0.25, -0.2) is 4.98 Å². The Bertz CT molecular complexity index is 540. The molecule has 0 aliphatic rings. The van der Waals surface area contributed by atoms with Gasteiger partial charge in [0, 0.05) is 17.3 Å². The van der Waals surface area contributed by atoms with Crippen LogP contribution in [0.2, 0.25) is 0 Å². The Morgan fingerprint density at radius 2 is 2.28 bits per heavy atom.